The van der Waals surface area contributed by atoms with Gasteiger partial charge in [0.2, 0.25) is 0 Å². The molecule has 3 rings (SSSR count). The molecule has 0 aromatic carbocycles. The summed E-state index contributed by atoms with van der Waals surface area (Å²) >= 11 is 0. The first kappa shape index (κ1) is 27.0. The van der Waals surface area contributed by atoms with Crippen LogP contribution in [0, 0.1) is 6.61 Å². The second kappa shape index (κ2) is 11.4. The Labute approximate surface area is 187 Å². The van der Waals surface area contributed by atoms with Gasteiger partial charge in [0.1, 0.15) is 79.9 Å². The van der Waals surface area contributed by atoms with E-state index in [1.165, 1.54) is 0 Å². The van der Waals surface area contributed by atoms with Crippen LogP contribution in [0.25, 0.3) is 0 Å². The molecule has 3 aliphatic heterocycles. The first-order chi connectivity index (χ1) is 15.6. The molecule has 0 bridgehead atoms. The lowest BCUT2D eigenvalue weighted by molar-refractivity contribution is -0.356. The molecule has 10 N–H and O–H groups in total. The molecule has 0 aromatic heterocycles. The minimum absolute atomic E-state index is 0.654. The van der Waals surface area contributed by atoms with Gasteiger partial charge in [0.25, 0.3) is 0 Å². The highest BCUT2D eigenvalue weighted by Crippen LogP contribution is 2.32. The Morgan fingerprint density at radius 3 is 1.45 bits per heavy atom. The third-order valence-electron chi connectivity index (χ3n) is 5.89. The van der Waals surface area contributed by atoms with Gasteiger partial charge in [-0.05, 0) is 0 Å². The average Bonchev–Trinajstić information content (AvgIpc) is 2.81. The maximum Gasteiger partial charge on any atom is 0.187 e. The lowest BCUT2D eigenvalue weighted by Gasteiger charge is -2.46. The fourth-order valence-corrected chi connectivity index (χ4v) is 3.83. The number of hydrogen-bond donors (Lipinski definition) is 10. The normalized spacial score (nSPS) is 51.5. The molecule has 0 aromatic rings. The van der Waals surface area contributed by atoms with Crippen molar-refractivity contribution >= 4 is 0 Å². The van der Waals surface area contributed by atoms with Crippen molar-refractivity contribution in [1.29, 1.82) is 0 Å². The number of aliphatic hydroxyl groups excluding tert-OH is 10. The number of hydrogen-bond acceptors (Lipinski definition) is 15. The topological polar surface area (TPSA) is 248 Å². The van der Waals surface area contributed by atoms with E-state index < -0.39 is 106 Å². The quantitative estimate of drug-likeness (QED) is 0.160. The van der Waals surface area contributed by atoms with Crippen LogP contribution in [0.5, 0.6) is 0 Å². The van der Waals surface area contributed by atoms with Crippen LogP contribution < -0.4 is 0 Å². The molecule has 1 radical (unpaired) electrons. The molecule has 3 heterocycles. The Hall–Kier alpha value is -0.600. The van der Waals surface area contributed by atoms with Crippen molar-refractivity contribution in [2.75, 3.05) is 19.8 Å². The van der Waals surface area contributed by atoms with E-state index >= 15 is 0 Å². The first-order valence-corrected chi connectivity index (χ1v) is 10.3. The monoisotopic (exact) mass is 487 g/mol. The second-order valence-electron chi connectivity index (χ2n) is 8.08. The Kier molecular flexibility index (Phi) is 9.35. The minimum atomic E-state index is -1.81. The molecule has 0 saturated carbocycles. The van der Waals surface area contributed by atoms with Crippen molar-refractivity contribution in [3.63, 3.8) is 0 Å². The highest BCUT2D eigenvalue weighted by Gasteiger charge is 2.51. The van der Waals surface area contributed by atoms with E-state index in [1.54, 1.807) is 0 Å². The minimum Gasteiger partial charge on any atom is -0.394 e. The fourth-order valence-electron chi connectivity index (χ4n) is 3.83. The lowest BCUT2D eigenvalue weighted by atomic mass is 9.97. The molecule has 0 spiro atoms. The predicted octanol–water partition coefficient (Wildman–Crippen LogP) is -6.73. The number of ether oxygens (including phenoxy) is 5. The molecular formula is C18H31O15. The van der Waals surface area contributed by atoms with E-state index in [4.69, 9.17) is 23.7 Å². The third-order valence-corrected chi connectivity index (χ3v) is 5.89. The standard InChI is InChI=1S/C18H31O15/c19-1-5-11(24)16(33-18-15(28)13(26)10(23)7(3-21)31-18)8(4-29-5)32-17-14(27)12(25)9(22)6(2-20)30-17/h4-28H,1-3H2/t5-,6-,7-,8+,9-,10-,11-,12+,13+,14-,15-,16-,17+,18+/m1/s1. The van der Waals surface area contributed by atoms with Gasteiger partial charge in [0.15, 0.2) is 12.6 Å². The zero-order chi connectivity index (χ0) is 24.4. The summed E-state index contributed by atoms with van der Waals surface area (Å²) in [7, 11) is 0. The van der Waals surface area contributed by atoms with Crippen LogP contribution in [0.2, 0.25) is 0 Å². The van der Waals surface area contributed by atoms with Gasteiger partial charge < -0.3 is 74.7 Å². The predicted molar refractivity (Wildman–Crippen MR) is 99.5 cm³/mol. The number of rotatable bonds is 7. The Morgan fingerprint density at radius 2 is 1.00 bits per heavy atom. The smallest absolute Gasteiger partial charge is 0.187 e. The Balaban J connectivity index is 1.77. The molecule has 0 unspecified atom stereocenters. The zero-order valence-electron chi connectivity index (χ0n) is 17.3. The van der Waals surface area contributed by atoms with Crippen LogP contribution in [0.3, 0.4) is 0 Å². The van der Waals surface area contributed by atoms with E-state index in [0.29, 0.717) is 0 Å². The largest absolute Gasteiger partial charge is 0.394 e. The van der Waals surface area contributed by atoms with E-state index in [9.17, 15) is 51.1 Å². The Bertz CT molecular complexity index is 607. The molecule has 193 valence electrons. The summed E-state index contributed by atoms with van der Waals surface area (Å²) in [5.41, 5.74) is 0. The summed E-state index contributed by atoms with van der Waals surface area (Å²) in [5.74, 6) is 0. The van der Waals surface area contributed by atoms with Crippen molar-refractivity contribution in [3.8, 4) is 0 Å². The van der Waals surface area contributed by atoms with Crippen LogP contribution in [0.1, 0.15) is 0 Å². The van der Waals surface area contributed by atoms with Gasteiger partial charge in [0, 0.05) is 0 Å². The third kappa shape index (κ3) is 5.48. The van der Waals surface area contributed by atoms with E-state index in [-0.39, 0.29) is 0 Å². The van der Waals surface area contributed by atoms with Gasteiger partial charge in [0.05, 0.1) is 19.8 Å². The lowest BCUT2D eigenvalue weighted by Crippen LogP contribution is -2.64. The van der Waals surface area contributed by atoms with Crippen LogP contribution >= 0.6 is 0 Å². The van der Waals surface area contributed by atoms with Crippen LogP contribution in [-0.4, -0.2) is 157 Å². The molecule has 3 aliphatic rings. The highest BCUT2D eigenvalue weighted by molar-refractivity contribution is 4.98. The molecule has 0 amide bonds. The maximum atomic E-state index is 10.6. The van der Waals surface area contributed by atoms with Gasteiger partial charge in [-0.2, -0.15) is 0 Å². The fraction of sp³-hybridized carbons (Fsp3) is 0.944. The van der Waals surface area contributed by atoms with Gasteiger partial charge in [-0.1, -0.05) is 0 Å². The highest BCUT2D eigenvalue weighted by atomic mass is 16.7. The summed E-state index contributed by atoms with van der Waals surface area (Å²) in [5, 5.41) is 98.9. The molecular weight excluding hydrogens is 456 g/mol. The Morgan fingerprint density at radius 1 is 0.545 bits per heavy atom. The maximum absolute atomic E-state index is 10.6. The molecule has 33 heavy (non-hydrogen) atoms. The van der Waals surface area contributed by atoms with E-state index in [0.717, 1.165) is 6.61 Å². The van der Waals surface area contributed by atoms with Crippen LogP contribution in [0.15, 0.2) is 0 Å². The summed E-state index contributed by atoms with van der Waals surface area (Å²) in [6, 6.07) is 0. The average molecular weight is 487 g/mol. The molecule has 3 saturated heterocycles. The van der Waals surface area contributed by atoms with Gasteiger partial charge in [-0.15, -0.1) is 0 Å². The van der Waals surface area contributed by atoms with Gasteiger partial charge in [-0.3, -0.25) is 0 Å². The van der Waals surface area contributed by atoms with Crippen molar-refractivity contribution in [3.05, 3.63) is 6.61 Å². The summed E-state index contributed by atoms with van der Waals surface area (Å²) in [6.45, 7) is -1.10. The number of aliphatic hydroxyl groups is 10. The summed E-state index contributed by atoms with van der Waals surface area (Å²) < 4.78 is 26.9. The van der Waals surface area contributed by atoms with Crippen LogP contribution in [-0.2, 0) is 23.7 Å². The van der Waals surface area contributed by atoms with E-state index in [2.05, 4.69) is 0 Å². The first-order valence-electron chi connectivity index (χ1n) is 10.3. The molecule has 15 nitrogen and oxygen atoms in total. The van der Waals surface area contributed by atoms with Crippen molar-refractivity contribution in [1.82, 2.24) is 0 Å². The van der Waals surface area contributed by atoms with Crippen molar-refractivity contribution in [2.24, 2.45) is 0 Å². The summed E-state index contributed by atoms with van der Waals surface area (Å²) in [6.07, 6.45) is -22.0. The van der Waals surface area contributed by atoms with Gasteiger partial charge >= 0.3 is 0 Å². The van der Waals surface area contributed by atoms with Crippen molar-refractivity contribution < 1.29 is 74.7 Å². The molecule has 3 fully saturated rings. The molecule has 15 heteroatoms. The molecule has 14 atom stereocenters. The zero-order valence-corrected chi connectivity index (χ0v) is 17.3. The van der Waals surface area contributed by atoms with Crippen molar-refractivity contribution in [2.45, 2.75) is 85.8 Å². The van der Waals surface area contributed by atoms with Gasteiger partial charge in [-0.25, -0.2) is 0 Å². The van der Waals surface area contributed by atoms with E-state index in [1.807, 2.05) is 0 Å². The second-order valence-corrected chi connectivity index (χ2v) is 8.08. The SMILES string of the molecule is OC[C@H]1O[C@@H](O[C@H]2[C@H](O)[C@@H](CO)O[CH][C@@H]2O[C@@H]2O[C@H](CO)[C@@H](O)[C@H](O)[C@H]2O)[C@H](O)[C@@H](O)[C@@H]1O. The van der Waals surface area contributed by atoms with Crippen LogP contribution in [0.4, 0.5) is 0 Å². The molecule has 0 aliphatic carbocycles. The summed E-state index contributed by atoms with van der Waals surface area (Å²) in [4.78, 5) is 0.